The lowest BCUT2D eigenvalue weighted by Crippen LogP contribution is -2.16. The highest BCUT2D eigenvalue weighted by Gasteiger charge is 2.36. The lowest BCUT2D eigenvalue weighted by atomic mass is 9.81. The average Bonchev–Trinajstić information content (AvgIpc) is 4.07. The van der Waals surface area contributed by atoms with Crippen molar-refractivity contribution < 1.29 is 0 Å². The number of fused-ring (bicyclic) bond motifs is 12. The molecule has 3 heterocycles. The molecule has 1 aliphatic rings. The molecule has 0 N–H and O–H groups in total. The summed E-state index contributed by atoms with van der Waals surface area (Å²) in [5.41, 5.74) is 20.7. The van der Waals surface area contributed by atoms with E-state index >= 15 is 0 Å². The minimum atomic E-state index is -0.233. The summed E-state index contributed by atoms with van der Waals surface area (Å²) in [7, 11) is 0. The van der Waals surface area contributed by atoms with Crippen molar-refractivity contribution in [2.75, 3.05) is 4.90 Å². The number of hydrogen-bond acceptors (Lipinski definition) is 1. The van der Waals surface area contributed by atoms with Gasteiger partial charge < -0.3 is 13.9 Å². The fraction of sp³-hybridized carbons (Fsp3) is 0.0476. The molecule has 3 heteroatoms. The van der Waals surface area contributed by atoms with Crippen LogP contribution in [0.5, 0.6) is 0 Å². The molecule has 3 nitrogen and oxygen atoms in total. The van der Waals surface area contributed by atoms with E-state index in [0.717, 1.165) is 22.7 Å². The maximum Gasteiger partial charge on any atom is 0.0620 e. The first-order chi connectivity index (χ1) is 32.5. The van der Waals surface area contributed by atoms with E-state index in [9.17, 15) is 0 Å². The van der Waals surface area contributed by atoms with Crippen LogP contribution < -0.4 is 4.90 Å². The van der Waals surface area contributed by atoms with Crippen LogP contribution in [0.25, 0.3) is 99.0 Å². The first-order valence-corrected chi connectivity index (χ1v) is 23.0. The van der Waals surface area contributed by atoms with Crippen LogP contribution in [-0.2, 0) is 5.41 Å². The van der Waals surface area contributed by atoms with Gasteiger partial charge in [0.1, 0.15) is 0 Å². The van der Waals surface area contributed by atoms with E-state index in [2.05, 4.69) is 252 Å². The van der Waals surface area contributed by atoms with E-state index in [-0.39, 0.29) is 5.41 Å². The molecule has 0 unspecified atom stereocenters. The summed E-state index contributed by atoms with van der Waals surface area (Å²) < 4.78 is 4.85. The fourth-order valence-electron chi connectivity index (χ4n) is 11.5. The van der Waals surface area contributed by atoms with Gasteiger partial charge in [-0.1, -0.05) is 147 Å². The normalized spacial score (nSPS) is 13.1. The van der Waals surface area contributed by atoms with Gasteiger partial charge in [0, 0.05) is 60.5 Å². The third kappa shape index (κ3) is 5.26. The minimum Gasteiger partial charge on any atom is -0.310 e. The first-order valence-electron chi connectivity index (χ1n) is 23.0. The molecule has 66 heavy (non-hydrogen) atoms. The molecule has 0 spiro atoms. The summed E-state index contributed by atoms with van der Waals surface area (Å²) >= 11 is 0. The minimum absolute atomic E-state index is 0.233. The van der Waals surface area contributed by atoms with E-state index in [1.165, 1.54) is 104 Å². The zero-order valence-corrected chi connectivity index (χ0v) is 36.7. The Morgan fingerprint density at radius 3 is 1.36 bits per heavy atom. The SMILES string of the molecule is CC1(C)c2cc(-c3cc4c5ccccc5n5c6ccccc6c(c3)c45)ccc2-c2ccc(N(c3ccc(-c4ccccc4)cc3)c3ccc(-n4c5ccccc5c5ccccc54)cc3)cc21. The Morgan fingerprint density at radius 2 is 0.773 bits per heavy atom. The van der Waals surface area contributed by atoms with Crippen LogP contribution in [0.2, 0.25) is 0 Å². The molecule has 0 aliphatic heterocycles. The summed E-state index contributed by atoms with van der Waals surface area (Å²) in [5, 5.41) is 7.74. The van der Waals surface area contributed by atoms with Crippen LogP contribution >= 0.6 is 0 Å². The van der Waals surface area contributed by atoms with Gasteiger partial charge in [-0.3, -0.25) is 0 Å². The number of anilines is 3. The van der Waals surface area contributed by atoms with E-state index in [1.807, 2.05) is 0 Å². The van der Waals surface area contributed by atoms with Crippen molar-refractivity contribution in [3.63, 3.8) is 0 Å². The van der Waals surface area contributed by atoms with Crippen LogP contribution in [0, 0.1) is 0 Å². The predicted octanol–water partition coefficient (Wildman–Crippen LogP) is 17.0. The van der Waals surface area contributed by atoms with Crippen LogP contribution in [0.3, 0.4) is 0 Å². The van der Waals surface area contributed by atoms with E-state index < -0.39 is 0 Å². The Labute approximate surface area is 383 Å². The molecule has 13 aromatic rings. The van der Waals surface area contributed by atoms with Gasteiger partial charge in [-0.2, -0.15) is 0 Å². The highest BCUT2D eigenvalue weighted by Crippen LogP contribution is 2.52. The standard InChI is InChI=1S/C63H43N3/c1-63(2)56-38-42(43-36-54-52-18-8-12-22-60(52)66-61-23-13-9-19-53(61)55(37-43)62(54)66)26-34-48(56)49-35-33-47(39-57(49)63)64(44-27-24-41(25-28-44)40-14-4-3-5-15-40)45-29-31-46(32-30-45)65-58-20-10-6-16-50(58)51-17-7-11-21-59(51)65/h3-39H,1-2H3. The van der Waals surface area contributed by atoms with Crippen LogP contribution in [0.15, 0.2) is 224 Å². The highest BCUT2D eigenvalue weighted by atomic mass is 15.1. The summed E-state index contributed by atoms with van der Waals surface area (Å²) in [6.07, 6.45) is 0. The van der Waals surface area contributed by atoms with Crippen molar-refractivity contribution in [2.24, 2.45) is 0 Å². The van der Waals surface area contributed by atoms with Gasteiger partial charge in [-0.15, -0.1) is 0 Å². The number of para-hydroxylation sites is 4. The third-order valence-electron chi connectivity index (χ3n) is 14.6. The third-order valence-corrected chi connectivity index (χ3v) is 14.6. The van der Waals surface area contributed by atoms with Crippen molar-refractivity contribution in [3.8, 4) is 39.1 Å². The molecule has 0 fully saturated rings. The summed E-state index contributed by atoms with van der Waals surface area (Å²) in [4.78, 5) is 2.42. The summed E-state index contributed by atoms with van der Waals surface area (Å²) in [6, 6.07) is 83.0. The summed E-state index contributed by atoms with van der Waals surface area (Å²) in [5.74, 6) is 0. The van der Waals surface area contributed by atoms with Crippen LogP contribution in [0.1, 0.15) is 25.0 Å². The molecule has 3 aromatic heterocycles. The molecule has 10 aromatic carbocycles. The number of hydrogen-bond donors (Lipinski definition) is 0. The van der Waals surface area contributed by atoms with Crippen molar-refractivity contribution in [1.29, 1.82) is 0 Å². The van der Waals surface area contributed by atoms with Crippen molar-refractivity contribution in [3.05, 3.63) is 236 Å². The lowest BCUT2D eigenvalue weighted by molar-refractivity contribution is 0.660. The Balaban J connectivity index is 0.884. The van der Waals surface area contributed by atoms with Crippen LogP contribution in [0.4, 0.5) is 17.1 Å². The molecular formula is C63H43N3. The lowest BCUT2D eigenvalue weighted by Gasteiger charge is -2.28. The molecule has 0 amide bonds. The second-order valence-electron chi connectivity index (χ2n) is 18.5. The Bertz CT molecular complexity index is 3920. The first kappa shape index (κ1) is 37.0. The number of aromatic nitrogens is 2. The zero-order chi connectivity index (χ0) is 43.7. The molecule has 0 atom stereocenters. The molecule has 14 rings (SSSR count). The summed E-state index contributed by atoms with van der Waals surface area (Å²) in [6.45, 7) is 4.80. The molecular weight excluding hydrogens is 799 g/mol. The van der Waals surface area contributed by atoms with Gasteiger partial charge in [0.15, 0.2) is 0 Å². The molecule has 0 radical (unpaired) electrons. The monoisotopic (exact) mass is 841 g/mol. The molecule has 0 saturated heterocycles. The second kappa shape index (κ2) is 13.8. The van der Waals surface area contributed by atoms with Gasteiger partial charge in [-0.05, 0) is 136 Å². The molecule has 0 bridgehead atoms. The van der Waals surface area contributed by atoms with Gasteiger partial charge >= 0.3 is 0 Å². The number of nitrogens with zero attached hydrogens (tertiary/aromatic N) is 3. The van der Waals surface area contributed by atoms with Crippen molar-refractivity contribution >= 4 is 77.0 Å². The van der Waals surface area contributed by atoms with Gasteiger partial charge in [0.25, 0.3) is 0 Å². The maximum absolute atomic E-state index is 2.47. The average molecular weight is 842 g/mol. The van der Waals surface area contributed by atoms with E-state index in [0.29, 0.717) is 0 Å². The van der Waals surface area contributed by atoms with Crippen LogP contribution in [-0.4, -0.2) is 8.97 Å². The predicted molar refractivity (Wildman–Crippen MR) is 279 cm³/mol. The number of rotatable bonds is 6. The Morgan fingerprint density at radius 1 is 0.333 bits per heavy atom. The largest absolute Gasteiger partial charge is 0.310 e. The van der Waals surface area contributed by atoms with Crippen molar-refractivity contribution in [2.45, 2.75) is 19.3 Å². The van der Waals surface area contributed by atoms with Gasteiger partial charge in [-0.25, -0.2) is 0 Å². The smallest absolute Gasteiger partial charge is 0.0620 e. The molecule has 310 valence electrons. The maximum atomic E-state index is 2.47. The topological polar surface area (TPSA) is 12.6 Å². The van der Waals surface area contributed by atoms with Gasteiger partial charge in [0.05, 0.1) is 27.6 Å². The molecule has 1 aliphatic carbocycles. The number of benzene rings is 10. The second-order valence-corrected chi connectivity index (χ2v) is 18.5. The Kier molecular flexibility index (Phi) is 7.74. The Hall–Kier alpha value is -8.40. The quantitative estimate of drug-likeness (QED) is 0.162. The van der Waals surface area contributed by atoms with Gasteiger partial charge in [0.2, 0.25) is 0 Å². The van der Waals surface area contributed by atoms with E-state index in [1.54, 1.807) is 0 Å². The zero-order valence-electron chi connectivity index (χ0n) is 36.7. The fourth-order valence-corrected chi connectivity index (χ4v) is 11.5. The van der Waals surface area contributed by atoms with Crippen molar-refractivity contribution in [1.82, 2.24) is 8.97 Å². The highest BCUT2D eigenvalue weighted by molar-refractivity contribution is 6.24. The molecule has 0 saturated carbocycles. The van der Waals surface area contributed by atoms with E-state index in [4.69, 9.17) is 0 Å².